The van der Waals surface area contributed by atoms with Crippen LogP contribution < -0.4 is 5.73 Å². The molecule has 0 amide bonds. The van der Waals surface area contributed by atoms with Gasteiger partial charge in [0.15, 0.2) is 0 Å². The van der Waals surface area contributed by atoms with Crippen molar-refractivity contribution in [1.82, 2.24) is 9.55 Å². The monoisotopic (exact) mass is 223 g/mol. The van der Waals surface area contributed by atoms with Gasteiger partial charge in [-0.2, -0.15) is 0 Å². The molecule has 0 aromatic carbocycles. The minimum absolute atomic E-state index is 0.406. The highest BCUT2D eigenvalue weighted by Crippen LogP contribution is 2.24. The molecule has 3 nitrogen and oxygen atoms in total. The first-order chi connectivity index (χ1) is 7.47. The standard InChI is InChI=1S/C13H25N3/c1-6-7-11-15-12(10(4)5)13(14)16(11)8-9(2)3/h9-10H,6-8,14H2,1-5H3. The third-order valence-electron chi connectivity index (χ3n) is 2.68. The summed E-state index contributed by atoms with van der Waals surface area (Å²) in [6, 6.07) is 0. The van der Waals surface area contributed by atoms with E-state index in [1.165, 1.54) is 0 Å². The molecule has 0 aliphatic heterocycles. The molecule has 0 radical (unpaired) electrons. The highest BCUT2D eigenvalue weighted by atomic mass is 15.1. The first kappa shape index (κ1) is 13.1. The summed E-state index contributed by atoms with van der Waals surface area (Å²) < 4.78 is 2.20. The summed E-state index contributed by atoms with van der Waals surface area (Å²) in [7, 11) is 0. The topological polar surface area (TPSA) is 43.8 Å². The molecule has 3 heteroatoms. The van der Waals surface area contributed by atoms with Gasteiger partial charge in [0, 0.05) is 13.0 Å². The lowest BCUT2D eigenvalue weighted by molar-refractivity contribution is 0.509. The number of aryl methyl sites for hydroxylation is 1. The fourth-order valence-corrected chi connectivity index (χ4v) is 1.94. The highest BCUT2D eigenvalue weighted by molar-refractivity contribution is 5.40. The molecule has 1 aromatic rings. The molecule has 2 N–H and O–H groups in total. The van der Waals surface area contributed by atoms with Crippen molar-refractivity contribution >= 4 is 5.82 Å². The summed E-state index contributed by atoms with van der Waals surface area (Å²) in [5.41, 5.74) is 7.24. The molecule has 0 saturated carbocycles. The van der Waals surface area contributed by atoms with Crippen LogP contribution in [0.3, 0.4) is 0 Å². The van der Waals surface area contributed by atoms with Crippen LogP contribution in [-0.4, -0.2) is 9.55 Å². The first-order valence-corrected chi connectivity index (χ1v) is 6.32. The molecule has 1 aromatic heterocycles. The maximum absolute atomic E-state index is 6.18. The molecule has 92 valence electrons. The summed E-state index contributed by atoms with van der Waals surface area (Å²) in [5, 5.41) is 0. The van der Waals surface area contributed by atoms with Crippen LogP contribution in [0.2, 0.25) is 0 Å². The number of hydrogen-bond acceptors (Lipinski definition) is 2. The summed E-state index contributed by atoms with van der Waals surface area (Å²) in [4.78, 5) is 4.69. The molecule has 0 aliphatic rings. The first-order valence-electron chi connectivity index (χ1n) is 6.32. The summed E-state index contributed by atoms with van der Waals surface area (Å²) >= 11 is 0. The minimum Gasteiger partial charge on any atom is -0.384 e. The van der Waals surface area contributed by atoms with E-state index in [1.807, 2.05) is 0 Å². The Labute approximate surface area is 99.1 Å². The Hall–Kier alpha value is -0.990. The van der Waals surface area contributed by atoms with Gasteiger partial charge in [-0.3, -0.25) is 0 Å². The third kappa shape index (κ3) is 2.77. The Bertz CT molecular complexity index is 337. The largest absolute Gasteiger partial charge is 0.384 e. The van der Waals surface area contributed by atoms with Gasteiger partial charge in [0.25, 0.3) is 0 Å². The SMILES string of the molecule is CCCc1nc(C(C)C)c(N)n1CC(C)C. The molecule has 1 heterocycles. The smallest absolute Gasteiger partial charge is 0.127 e. The van der Waals surface area contributed by atoms with E-state index in [2.05, 4.69) is 44.2 Å². The Balaban J connectivity index is 3.09. The number of aromatic nitrogens is 2. The average Bonchev–Trinajstić information content (AvgIpc) is 2.46. The normalized spacial score (nSPS) is 11.7. The van der Waals surface area contributed by atoms with E-state index in [-0.39, 0.29) is 0 Å². The second kappa shape index (κ2) is 5.37. The van der Waals surface area contributed by atoms with Crippen LogP contribution in [0.4, 0.5) is 5.82 Å². The van der Waals surface area contributed by atoms with Crippen molar-refractivity contribution in [2.75, 3.05) is 5.73 Å². The van der Waals surface area contributed by atoms with E-state index in [9.17, 15) is 0 Å². The minimum atomic E-state index is 0.406. The number of imidazole rings is 1. The third-order valence-corrected chi connectivity index (χ3v) is 2.68. The number of anilines is 1. The van der Waals surface area contributed by atoms with Crippen molar-refractivity contribution in [1.29, 1.82) is 0 Å². The number of rotatable bonds is 5. The Morgan fingerprint density at radius 1 is 1.25 bits per heavy atom. The lowest BCUT2D eigenvalue weighted by Gasteiger charge is -2.12. The number of hydrogen-bond donors (Lipinski definition) is 1. The lowest BCUT2D eigenvalue weighted by atomic mass is 10.1. The fourth-order valence-electron chi connectivity index (χ4n) is 1.94. The Morgan fingerprint density at radius 3 is 2.31 bits per heavy atom. The molecule has 0 aliphatic carbocycles. The molecular weight excluding hydrogens is 198 g/mol. The van der Waals surface area contributed by atoms with Gasteiger partial charge in [0.2, 0.25) is 0 Å². The Kier molecular flexibility index (Phi) is 4.39. The average molecular weight is 223 g/mol. The zero-order valence-corrected chi connectivity index (χ0v) is 11.2. The van der Waals surface area contributed by atoms with E-state index in [0.717, 1.165) is 36.7 Å². The Morgan fingerprint density at radius 2 is 1.88 bits per heavy atom. The van der Waals surface area contributed by atoms with Crippen LogP contribution in [0.15, 0.2) is 0 Å². The number of nitrogen functional groups attached to an aromatic ring is 1. The van der Waals surface area contributed by atoms with Crippen molar-refractivity contribution in [3.8, 4) is 0 Å². The van der Waals surface area contributed by atoms with Gasteiger partial charge in [-0.1, -0.05) is 34.6 Å². The van der Waals surface area contributed by atoms with Crippen molar-refractivity contribution in [2.45, 2.75) is 59.9 Å². The van der Waals surface area contributed by atoms with Crippen LogP contribution in [0.5, 0.6) is 0 Å². The van der Waals surface area contributed by atoms with Gasteiger partial charge >= 0.3 is 0 Å². The zero-order chi connectivity index (χ0) is 12.3. The second-order valence-electron chi connectivity index (χ2n) is 5.21. The molecule has 0 spiro atoms. The molecule has 16 heavy (non-hydrogen) atoms. The summed E-state index contributed by atoms with van der Waals surface area (Å²) in [5.74, 6) is 3.03. The van der Waals surface area contributed by atoms with Crippen LogP contribution in [0, 0.1) is 5.92 Å². The van der Waals surface area contributed by atoms with E-state index in [1.54, 1.807) is 0 Å². The summed E-state index contributed by atoms with van der Waals surface area (Å²) in [6.45, 7) is 11.9. The van der Waals surface area contributed by atoms with E-state index < -0.39 is 0 Å². The maximum atomic E-state index is 6.18. The van der Waals surface area contributed by atoms with Gasteiger partial charge < -0.3 is 10.3 Å². The van der Waals surface area contributed by atoms with Gasteiger partial charge in [0.05, 0.1) is 5.69 Å². The summed E-state index contributed by atoms with van der Waals surface area (Å²) in [6.07, 6.45) is 2.13. The van der Waals surface area contributed by atoms with Crippen LogP contribution in [0.1, 0.15) is 58.5 Å². The fraction of sp³-hybridized carbons (Fsp3) is 0.769. The molecule has 1 rings (SSSR count). The highest BCUT2D eigenvalue weighted by Gasteiger charge is 2.16. The van der Waals surface area contributed by atoms with Crippen molar-refractivity contribution in [3.05, 3.63) is 11.5 Å². The van der Waals surface area contributed by atoms with E-state index in [0.29, 0.717) is 11.8 Å². The number of nitrogens with two attached hydrogens (primary N) is 1. The van der Waals surface area contributed by atoms with Crippen molar-refractivity contribution in [2.24, 2.45) is 5.92 Å². The van der Waals surface area contributed by atoms with Gasteiger partial charge in [0.1, 0.15) is 11.6 Å². The van der Waals surface area contributed by atoms with Crippen molar-refractivity contribution in [3.63, 3.8) is 0 Å². The number of nitrogens with zero attached hydrogens (tertiary/aromatic N) is 2. The zero-order valence-electron chi connectivity index (χ0n) is 11.2. The molecule has 0 unspecified atom stereocenters. The second-order valence-corrected chi connectivity index (χ2v) is 5.21. The predicted molar refractivity (Wildman–Crippen MR) is 69.6 cm³/mol. The van der Waals surface area contributed by atoms with Gasteiger partial charge in [-0.15, -0.1) is 0 Å². The van der Waals surface area contributed by atoms with Crippen molar-refractivity contribution < 1.29 is 0 Å². The van der Waals surface area contributed by atoms with Crippen LogP contribution >= 0.6 is 0 Å². The quantitative estimate of drug-likeness (QED) is 0.833. The predicted octanol–water partition coefficient (Wildman–Crippen LogP) is 3.20. The van der Waals surface area contributed by atoms with E-state index in [4.69, 9.17) is 5.73 Å². The molecule has 0 atom stereocenters. The lowest BCUT2D eigenvalue weighted by Crippen LogP contribution is -2.11. The molecular formula is C13H25N3. The van der Waals surface area contributed by atoms with E-state index >= 15 is 0 Å². The van der Waals surface area contributed by atoms with Gasteiger partial charge in [-0.25, -0.2) is 4.98 Å². The maximum Gasteiger partial charge on any atom is 0.127 e. The van der Waals surface area contributed by atoms with Gasteiger partial charge in [-0.05, 0) is 18.3 Å². The van der Waals surface area contributed by atoms with Crippen LogP contribution in [0.25, 0.3) is 0 Å². The van der Waals surface area contributed by atoms with Crippen LogP contribution in [-0.2, 0) is 13.0 Å². The molecule has 0 saturated heterocycles. The molecule has 0 bridgehead atoms. The molecule has 0 fully saturated rings.